The lowest BCUT2D eigenvalue weighted by molar-refractivity contribution is -0.184. The number of carbonyl (C=O) groups is 2. The Labute approximate surface area is 351 Å². The first-order valence-electron chi connectivity index (χ1n) is 21.3. The number of hydrogen-bond donors (Lipinski definition) is 2. The monoisotopic (exact) mass is 815 g/mol. The quantitative estimate of drug-likeness (QED) is 0.0439. The zero-order valence-corrected chi connectivity index (χ0v) is 39.3. The third-order valence-corrected chi connectivity index (χ3v) is 16.0. The fourth-order valence-electron chi connectivity index (χ4n) is 11.3. The number of allylic oxidation sites excluding steroid dienone is 3. The van der Waals surface area contributed by atoms with E-state index in [4.69, 9.17) is 15.7 Å². The summed E-state index contributed by atoms with van der Waals surface area (Å²) >= 11 is 6.38. The van der Waals surface area contributed by atoms with Crippen molar-refractivity contribution in [1.29, 1.82) is 0 Å². The number of aliphatic hydroxyl groups excluding tert-OH is 1. The molecule has 0 saturated heterocycles. The smallest absolute Gasteiger partial charge is 0.306 e. The number of thioether (sulfide) groups is 1. The molecule has 318 valence electrons. The number of alkyl halides is 1. The van der Waals surface area contributed by atoms with Gasteiger partial charge in [0, 0.05) is 31.1 Å². The molecule has 0 radical (unpaired) electrons. The number of ketones is 1. The van der Waals surface area contributed by atoms with Crippen molar-refractivity contribution in [2.24, 2.45) is 61.7 Å². The molecular weight excluding hydrogens is 736 g/mol. The van der Waals surface area contributed by atoms with Crippen molar-refractivity contribution in [3.63, 3.8) is 0 Å². The second kappa shape index (κ2) is 20.7. The predicted molar refractivity (Wildman–Crippen MR) is 241 cm³/mol. The first-order chi connectivity index (χ1) is 26.4. The minimum absolute atomic E-state index is 0.0661. The summed E-state index contributed by atoms with van der Waals surface area (Å²) in [5.74, 6) is 8.96. The molecule has 0 bridgehead atoms. The highest BCUT2D eigenvalue weighted by Crippen LogP contribution is 2.75. The van der Waals surface area contributed by atoms with Crippen LogP contribution in [0.1, 0.15) is 151 Å². The third-order valence-electron chi connectivity index (χ3n) is 14.8. The largest absolute Gasteiger partial charge is 0.463 e. The third kappa shape index (κ3) is 9.84. The summed E-state index contributed by atoms with van der Waals surface area (Å²) in [6.45, 7) is 30.8. The first kappa shape index (κ1) is 50.1. The maximum absolute atomic E-state index is 14.1. The van der Waals surface area contributed by atoms with Crippen LogP contribution in [0.25, 0.3) is 0 Å². The number of nitrogens with zero attached hydrogens (tertiary/aromatic N) is 1. The number of Topliss-reactive ketones (excluding diaryl/α,β-unsaturated/α-hetero) is 1. The molecule has 3 fully saturated rings. The van der Waals surface area contributed by atoms with Gasteiger partial charge in [0.1, 0.15) is 5.04 Å². The van der Waals surface area contributed by atoms with E-state index in [1.807, 2.05) is 33.8 Å². The van der Waals surface area contributed by atoms with E-state index >= 15 is 0 Å². The van der Waals surface area contributed by atoms with Crippen molar-refractivity contribution >= 4 is 40.2 Å². The van der Waals surface area contributed by atoms with Crippen LogP contribution in [-0.4, -0.2) is 41.5 Å². The summed E-state index contributed by atoms with van der Waals surface area (Å²) in [5, 5.41) is 12.5. The SMILES string of the molecule is C=CC(C)(C)CC(=O)OC(C)CCC1(C)C(C)CCC2(C)C1CCC1C3=C(C(C)C)C(=O)CC3(/C(=N/N)SCc3ccc(C)cc3)CCC12C.CC.CCl.CO. The Morgan fingerprint density at radius 1 is 1.05 bits per heavy atom. The summed E-state index contributed by atoms with van der Waals surface area (Å²) in [5.41, 5.74) is 4.67. The van der Waals surface area contributed by atoms with Crippen LogP contribution in [0.15, 0.2) is 53.2 Å². The lowest BCUT2D eigenvalue weighted by atomic mass is 9.35. The number of benzene rings is 1. The van der Waals surface area contributed by atoms with Gasteiger partial charge in [-0.1, -0.05) is 105 Å². The molecule has 0 aliphatic heterocycles. The molecule has 1 aromatic rings. The lowest BCUT2D eigenvalue weighted by Crippen LogP contribution is -2.62. The zero-order valence-electron chi connectivity index (χ0n) is 37.7. The molecule has 3 saturated carbocycles. The van der Waals surface area contributed by atoms with E-state index in [0.29, 0.717) is 36.4 Å². The average Bonchev–Trinajstić information content (AvgIpc) is 3.49. The summed E-state index contributed by atoms with van der Waals surface area (Å²) < 4.78 is 5.97. The van der Waals surface area contributed by atoms with Gasteiger partial charge in [-0.15, -0.1) is 29.9 Å². The van der Waals surface area contributed by atoms with Gasteiger partial charge in [0.05, 0.1) is 12.5 Å². The predicted octanol–water partition coefficient (Wildman–Crippen LogP) is 12.5. The van der Waals surface area contributed by atoms with Crippen LogP contribution in [0, 0.1) is 57.7 Å². The van der Waals surface area contributed by atoms with Gasteiger partial charge in [-0.3, -0.25) is 9.59 Å². The summed E-state index contributed by atoms with van der Waals surface area (Å²) in [6.07, 6.45) is 12.7. The Hall–Kier alpha value is -2.09. The molecule has 8 atom stereocenters. The minimum atomic E-state index is -0.390. The molecule has 6 nitrogen and oxygen atoms in total. The number of rotatable bonds is 11. The topological polar surface area (TPSA) is 102 Å². The maximum atomic E-state index is 14.1. The van der Waals surface area contributed by atoms with Gasteiger partial charge in [0.15, 0.2) is 5.78 Å². The van der Waals surface area contributed by atoms with Gasteiger partial charge in [-0.05, 0) is 127 Å². The van der Waals surface area contributed by atoms with Gasteiger partial charge >= 0.3 is 5.97 Å². The van der Waals surface area contributed by atoms with Crippen LogP contribution >= 0.6 is 23.4 Å². The van der Waals surface area contributed by atoms with Gasteiger partial charge in [-0.25, -0.2) is 0 Å². The summed E-state index contributed by atoms with van der Waals surface area (Å²) in [7, 11) is 1.00. The lowest BCUT2D eigenvalue weighted by Gasteiger charge is -2.69. The molecule has 1 aromatic carbocycles. The highest BCUT2D eigenvalue weighted by atomic mass is 35.5. The number of hydrazone groups is 1. The molecule has 3 N–H and O–H groups in total. The molecule has 56 heavy (non-hydrogen) atoms. The molecule has 0 aromatic heterocycles. The molecular formula is C48H79ClN2O4S. The molecule has 0 spiro atoms. The standard InChI is InChI=1S/C44H66N2O3S.C2H6.CH3Cl.CH4O/c1-12-40(7,8)26-36(48)49-31(6)20-21-41(9)30(5)19-22-43(11)35(41)18-17-33-38-37(28(2)3)34(47)25-44(38,24-23-42(33,43)10)39(46-45)50-27-32-15-13-29(4)14-16-32;3*1-2/h12-16,28,30-31,33,35H,1,17-27,45H2,2-11H3;1-2H3;1H3;2H,1H3/b46-39-;;;. The maximum Gasteiger partial charge on any atom is 0.306 e. The van der Waals surface area contributed by atoms with Gasteiger partial charge < -0.3 is 15.7 Å². The number of carbonyl (C=O) groups excluding carboxylic acids is 2. The van der Waals surface area contributed by atoms with E-state index in [9.17, 15) is 9.59 Å². The highest BCUT2D eigenvalue weighted by molar-refractivity contribution is 8.13. The molecule has 4 aliphatic carbocycles. The van der Waals surface area contributed by atoms with Crippen molar-refractivity contribution in [2.45, 2.75) is 159 Å². The van der Waals surface area contributed by atoms with Crippen molar-refractivity contribution in [3.05, 3.63) is 59.2 Å². The van der Waals surface area contributed by atoms with Crippen molar-refractivity contribution in [1.82, 2.24) is 0 Å². The normalized spacial score (nSPS) is 31.6. The van der Waals surface area contributed by atoms with Gasteiger partial charge in [-0.2, -0.15) is 5.10 Å². The Morgan fingerprint density at radius 2 is 1.66 bits per heavy atom. The number of fused-ring (bicyclic) bond motifs is 5. The van der Waals surface area contributed by atoms with E-state index in [2.05, 4.69) is 103 Å². The average molecular weight is 816 g/mol. The molecule has 8 unspecified atom stereocenters. The first-order valence-corrected chi connectivity index (χ1v) is 23.0. The van der Waals surface area contributed by atoms with E-state index in [-0.39, 0.29) is 45.1 Å². The van der Waals surface area contributed by atoms with Crippen LogP contribution in [0.5, 0.6) is 0 Å². The van der Waals surface area contributed by atoms with Crippen molar-refractivity contribution < 1.29 is 19.4 Å². The molecule has 8 heteroatoms. The van der Waals surface area contributed by atoms with E-state index in [1.165, 1.54) is 35.9 Å². The Bertz CT molecular complexity index is 1540. The Balaban J connectivity index is 0.00000172. The number of hydrogen-bond acceptors (Lipinski definition) is 7. The Morgan fingerprint density at radius 3 is 2.21 bits per heavy atom. The minimum Gasteiger partial charge on any atom is -0.463 e. The summed E-state index contributed by atoms with van der Waals surface area (Å²) in [6, 6.07) is 8.72. The number of ether oxygens (including phenoxy) is 1. The fraction of sp³-hybridized carbons (Fsp3) is 0.729. The number of aliphatic hydroxyl groups is 1. The molecule has 5 rings (SSSR count). The second-order valence-electron chi connectivity index (χ2n) is 18.5. The van der Waals surface area contributed by atoms with Crippen molar-refractivity contribution in [2.75, 3.05) is 13.5 Å². The van der Waals surface area contributed by atoms with Crippen LogP contribution < -0.4 is 5.84 Å². The van der Waals surface area contributed by atoms with Gasteiger partial charge in [0.25, 0.3) is 0 Å². The number of esters is 1. The number of nitrogens with two attached hydrogens (primary N) is 1. The number of halogens is 1. The van der Waals surface area contributed by atoms with Gasteiger partial charge in [0.2, 0.25) is 0 Å². The van der Waals surface area contributed by atoms with Crippen molar-refractivity contribution in [3.8, 4) is 0 Å². The zero-order chi connectivity index (χ0) is 42.9. The molecule has 4 aliphatic rings. The second-order valence-corrected chi connectivity index (χ2v) is 19.5. The van der Waals surface area contributed by atoms with E-state index in [0.717, 1.165) is 62.0 Å². The van der Waals surface area contributed by atoms with Crippen LogP contribution in [0.3, 0.4) is 0 Å². The van der Waals surface area contributed by atoms with E-state index < -0.39 is 0 Å². The van der Waals surface area contributed by atoms with E-state index in [1.54, 1.807) is 11.8 Å². The van der Waals surface area contributed by atoms with Crippen LogP contribution in [-0.2, 0) is 20.1 Å². The number of aryl methyl sites for hydroxylation is 1. The van der Waals surface area contributed by atoms with Crippen LogP contribution in [0.2, 0.25) is 0 Å². The molecule has 0 heterocycles. The Kier molecular flexibility index (Phi) is 18.5. The summed E-state index contributed by atoms with van der Waals surface area (Å²) in [4.78, 5) is 26.9. The molecule has 0 amide bonds. The highest BCUT2D eigenvalue weighted by Gasteiger charge is 2.68. The van der Waals surface area contributed by atoms with Crippen LogP contribution in [0.4, 0.5) is 0 Å². The fourth-order valence-corrected chi connectivity index (χ4v) is 12.4.